The first-order valence-electron chi connectivity index (χ1n) is 6.75. The highest BCUT2D eigenvalue weighted by Crippen LogP contribution is 2.39. The van der Waals surface area contributed by atoms with Crippen molar-refractivity contribution in [2.75, 3.05) is 16.7 Å². The first kappa shape index (κ1) is 15.9. The normalized spacial score (nSPS) is 24.8. The van der Waals surface area contributed by atoms with Gasteiger partial charge in [0, 0.05) is 11.8 Å². The van der Waals surface area contributed by atoms with Gasteiger partial charge in [0.05, 0.1) is 5.56 Å². The van der Waals surface area contributed by atoms with E-state index in [1.165, 1.54) is 6.07 Å². The number of phenolic OH excluding ortho intramolecular Hbond substituents is 1. The van der Waals surface area contributed by atoms with Crippen molar-refractivity contribution in [3.8, 4) is 17.6 Å². The molecule has 2 fully saturated rings. The zero-order chi connectivity index (χ0) is 16.8. The summed E-state index contributed by atoms with van der Waals surface area (Å²) < 4.78 is 40.4. The zero-order valence-electron chi connectivity index (χ0n) is 11.7. The van der Waals surface area contributed by atoms with Crippen molar-refractivity contribution in [3.05, 3.63) is 23.5 Å². The molecule has 0 aromatic heterocycles. The Morgan fingerprint density at radius 2 is 2.22 bits per heavy atom. The largest absolute Gasteiger partial charge is 0.506 e. The summed E-state index contributed by atoms with van der Waals surface area (Å²) in [6, 6.07) is 2.41. The number of aromatic hydroxyl groups is 1. The number of nitrogens with zero attached hydrogens (tertiary/aromatic N) is 1. The van der Waals surface area contributed by atoms with Crippen LogP contribution in [0.25, 0.3) is 0 Å². The van der Waals surface area contributed by atoms with Crippen LogP contribution in [0.4, 0.5) is 10.1 Å². The molecule has 2 atom stereocenters. The van der Waals surface area contributed by atoms with E-state index >= 15 is 0 Å². The number of nitrogens with one attached hydrogen (secondary N) is 1. The Hall–Kier alpha value is -1.98. The molecule has 23 heavy (non-hydrogen) atoms. The van der Waals surface area contributed by atoms with Crippen molar-refractivity contribution < 1.29 is 22.7 Å². The second-order valence-corrected chi connectivity index (χ2v) is 7.26. The Bertz CT molecular complexity index is 846. The quantitative estimate of drug-likeness (QED) is 0.608. The number of phenols is 1. The van der Waals surface area contributed by atoms with Gasteiger partial charge in [-0.25, -0.2) is 13.4 Å². The van der Waals surface area contributed by atoms with Crippen LogP contribution in [0.15, 0.2) is 12.1 Å². The lowest BCUT2D eigenvalue weighted by atomic mass is 10.1. The van der Waals surface area contributed by atoms with Gasteiger partial charge in [-0.15, -0.1) is 11.6 Å². The van der Waals surface area contributed by atoms with E-state index in [0.29, 0.717) is 16.1 Å². The fourth-order valence-electron chi connectivity index (χ4n) is 2.30. The first-order valence-corrected chi connectivity index (χ1v) is 8.73. The maximum Gasteiger partial charge on any atom is 0.326 e. The van der Waals surface area contributed by atoms with Crippen molar-refractivity contribution in [1.29, 1.82) is 0 Å². The number of carbonyl (C=O) groups is 1. The van der Waals surface area contributed by atoms with Crippen molar-refractivity contribution in [1.82, 2.24) is 4.72 Å². The smallest absolute Gasteiger partial charge is 0.326 e. The highest BCUT2D eigenvalue weighted by Gasteiger charge is 2.38. The molecule has 122 valence electrons. The van der Waals surface area contributed by atoms with Gasteiger partial charge in [-0.1, -0.05) is 11.8 Å². The average Bonchev–Trinajstić information content (AvgIpc) is 3.17. The molecule has 3 rings (SSSR count). The summed E-state index contributed by atoms with van der Waals surface area (Å²) in [5.41, 5.74) is -0.632. The molecule has 0 unspecified atom stereocenters. The van der Waals surface area contributed by atoms with E-state index in [4.69, 9.17) is 11.6 Å². The zero-order valence-corrected chi connectivity index (χ0v) is 13.3. The molecular formula is C14H12ClFN2O4S. The molecule has 6 nitrogen and oxygen atoms in total. The summed E-state index contributed by atoms with van der Waals surface area (Å²) in [5, 5.41) is 9.81. The van der Waals surface area contributed by atoms with Crippen LogP contribution in [0.1, 0.15) is 12.0 Å². The lowest BCUT2D eigenvalue weighted by molar-refractivity contribution is -0.117. The third-order valence-electron chi connectivity index (χ3n) is 3.68. The van der Waals surface area contributed by atoms with Crippen molar-refractivity contribution in [2.24, 2.45) is 11.8 Å². The summed E-state index contributed by atoms with van der Waals surface area (Å²) in [6.07, 6.45) is 0.849. The molecule has 1 saturated carbocycles. The molecule has 1 aliphatic heterocycles. The Kier molecular flexibility index (Phi) is 3.86. The number of halogens is 2. The topological polar surface area (TPSA) is 86.7 Å². The summed E-state index contributed by atoms with van der Waals surface area (Å²) in [4.78, 5) is 11.3. The van der Waals surface area contributed by atoms with Crippen LogP contribution >= 0.6 is 11.6 Å². The SMILES string of the molecule is O=C1CN(c2c(O)ccc(C#C[C@@H]3C[C@H]3CCl)c2F)S(=O)(=O)N1. The van der Waals surface area contributed by atoms with E-state index in [0.717, 1.165) is 12.5 Å². The predicted molar refractivity (Wildman–Crippen MR) is 81.7 cm³/mol. The summed E-state index contributed by atoms with van der Waals surface area (Å²) in [7, 11) is -4.21. The minimum atomic E-state index is -4.21. The summed E-state index contributed by atoms with van der Waals surface area (Å²) >= 11 is 5.70. The Balaban J connectivity index is 1.98. The first-order chi connectivity index (χ1) is 10.8. The molecule has 0 spiro atoms. The van der Waals surface area contributed by atoms with Crippen LogP contribution in [0.2, 0.25) is 0 Å². The van der Waals surface area contributed by atoms with Gasteiger partial charge in [0.25, 0.3) is 5.91 Å². The average molecular weight is 359 g/mol. The van der Waals surface area contributed by atoms with Gasteiger partial charge in [-0.2, -0.15) is 8.42 Å². The number of alkyl halides is 1. The van der Waals surface area contributed by atoms with Crippen molar-refractivity contribution in [2.45, 2.75) is 6.42 Å². The molecule has 2 N–H and O–H groups in total. The van der Waals surface area contributed by atoms with Crippen LogP contribution in [0, 0.1) is 29.5 Å². The van der Waals surface area contributed by atoms with Crippen molar-refractivity contribution >= 4 is 33.4 Å². The van der Waals surface area contributed by atoms with Gasteiger partial charge in [0.15, 0.2) is 5.82 Å². The number of hydrogen-bond donors (Lipinski definition) is 2. The van der Waals surface area contributed by atoms with Crippen LogP contribution in [0.5, 0.6) is 5.75 Å². The second-order valence-electron chi connectivity index (χ2n) is 5.36. The van der Waals surface area contributed by atoms with Crippen LogP contribution in [-0.4, -0.2) is 31.9 Å². The van der Waals surface area contributed by atoms with Gasteiger partial charge in [-0.3, -0.25) is 4.79 Å². The lowest BCUT2D eigenvalue weighted by Crippen LogP contribution is -2.30. The van der Waals surface area contributed by atoms with Gasteiger partial charge in [-0.05, 0) is 24.5 Å². The van der Waals surface area contributed by atoms with Gasteiger partial charge >= 0.3 is 10.2 Å². The van der Waals surface area contributed by atoms with E-state index in [1.54, 1.807) is 4.72 Å². The number of hydrogen-bond acceptors (Lipinski definition) is 4. The highest BCUT2D eigenvalue weighted by atomic mass is 35.5. The third-order valence-corrected chi connectivity index (χ3v) is 5.45. The highest BCUT2D eigenvalue weighted by molar-refractivity contribution is 7.92. The van der Waals surface area contributed by atoms with Crippen molar-refractivity contribution in [3.63, 3.8) is 0 Å². The maximum absolute atomic E-state index is 14.6. The van der Waals surface area contributed by atoms with Gasteiger partial charge < -0.3 is 5.11 Å². The Labute approximate surface area is 137 Å². The molecule has 1 aromatic rings. The number of anilines is 1. The fourth-order valence-corrected chi connectivity index (χ4v) is 3.80. The number of rotatable bonds is 2. The summed E-state index contributed by atoms with van der Waals surface area (Å²) in [5.74, 6) is 4.03. The standard InChI is InChI=1S/C14H12ClFN2O4S/c15-6-10-5-9(10)2-1-8-3-4-11(19)14(13(8)16)18-7-12(20)17-23(18,21)22/h3-4,9-10,19H,5-7H2,(H,17,20)/t9-,10+/m1/s1. The van der Waals surface area contributed by atoms with Crippen LogP contribution in [-0.2, 0) is 15.0 Å². The minimum absolute atomic E-state index is 0.0485. The van der Waals surface area contributed by atoms with E-state index < -0.39 is 39.9 Å². The molecule has 0 bridgehead atoms. The number of benzene rings is 1. The maximum atomic E-state index is 14.6. The lowest BCUT2D eigenvalue weighted by Gasteiger charge is -2.17. The van der Waals surface area contributed by atoms with Crippen LogP contribution < -0.4 is 9.03 Å². The van der Waals surface area contributed by atoms with E-state index in [-0.39, 0.29) is 11.5 Å². The molecule has 1 amide bonds. The van der Waals surface area contributed by atoms with Gasteiger partial charge in [0.2, 0.25) is 0 Å². The third kappa shape index (κ3) is 2.94. The number of carbonyl (C=O) groups excluding carboxylic acids is 1. The Morgan fingerprint density at radius 3 is 2.78 bits per heavy atom. The van der Waals surface area contributed by atoms with E-state index in [2.05, 4.69) is 11.8 Å². The van der Waals surface area contributed by atoms with Gasteiger partial charge in [0.1, 0.15) is 18.0 Å². The monoisotopic (exact) mass is 358 g/mol. The Morgan fingerprint density at radius 1 is 1.48 bits per heavy atom. The second kappa shape index (κ2) is 5.58. The van der Waals surface area contributed by atoms with E-state index in [1.807, 2.05) is 0 Å². The van der Waals surface area contributed by atoms with E-state index in [9.17, 15) is 22.7 Å². The fraction of sp³-hybridized carbons (Fsp3) is 0.357. The molecule has 2 aliphatic rings. The van der Waals surface area contributed by atoms with Crippen LogP contribution in [0.3, 0.4) is 0 Å². The molecule has 1 heterocycles. The minimum Gasteiger partial charge on any atom is -0.506 e. The molecule has 0 radical (unpaired) electrons. The molecular weight excluding hydrogens is 347 g/mol. The summed E-state index contributed by atoms with van der Waals surface area (Å²) in [6.45, 7) is -0.597. The predicted octanol–water partition coefficient (Wildman–Crippen LogP) is 0.939. The number of amides is 1. The molecule has 1 aliphatic carbocycles. The molecule has 9 heteroatoms. The molecule has 1 saturated heterocycles. The molecule has 1 aromatic carbocycles.